The Morgan fingerprint density at radius 1 is 1.23 bits per heavy atom. The third kappa shape index (κ3) is 4.25. The molecule has 0 radical (unpaired) electrons. The molecule has 0 fully saturated rings. The van der Waals surface area contributed by atoms with E-state index in [0.717, 1.165) is 36.3 Å². The van der Waals surface area contributed by atoms with Gasteiger partial charge in [-0.3, -0.25) is 4.79 Å². The fourth-order valence-corrected chi connectivity index (χ4v) is 4.31. The minimum absolute atomic E-state index is 0.0750. The Labute approximate surface area is 177 Å². The van der Waals surface area contributed by atoms with E-state index in [2.05, 4.69) is 17.1 Å². The highest BCUT2D eigenvalue weighted by Crippen LogP contribution is 2.41. The van der Waals surface area contributed by atoms with Crippen molar-refractivity contribution in [2.75, 3.05) is 13.7 Å². The van der Waals surface area contributed by atoms with Gasteiger partial charge in [-0.25, -0.2) is 4.98 Å². The lowest BCUT2D eigenvalue weighted by atomic mass is 9.85. The van der Waals surface area contributed by atoms with Crippen molar-refractivity contribution in [1.29, 1.82) is 0 Å². The Morgan fingerprint density at radius 2 is 2.07 bits per heavy atom. The smallest absolute Gasteiger partial charge is 0.309 e. The Bertz CT molecular complexity index is 995. The molecule has 1 heterocycles. The minimum atomic E-state index is -0.113. The number of aromatic nitrogens is 1. The van der Waals surface area contributed by atoms with Crippen LogP contribution in [-0.2, 0) is 22.4 Å². The number of oxazole rings is 1. The first-order valence-electron chi connectivity index (χ1n) is 10.5. The first-order chi connectivity index (χ1) is 14.7. The van der Waals surface area contributed by atoms with E-state index in [1.807, 2.05) is 43.3 Å². The molecule has 30 heavy (non-hydrogen) atoms. The van der Waals surface area contributed by atoms with E-state index in [0.29, 0.717) is 18.9 Å². The summed E-state index contributed by atoms with van der Waals surface area (Å²) in [6.45, 7) is 2.58. The molecular weight excluding hydrogens is 378 g/mol. The first kappa shape index (κ1) is 20.2. The van der Waals surface area contributed by atoms with Crippen LogP contribution in [0.3, 0.4) is 0 Å². The van der Waals surface area contributed by atoms with Gasteiger partial charge in [0.05, 0.1) is 25.3 Å². The number of ether oxygens (including phenoxy) is 2. The zero-order chi connectivity index (χ0) is 20.9. The summed E-state index contributed by atoms with van der Waals surface area (Å²) in [6, 6.07) is 16.1. The van der Waals surface area contributed by atoms with Gasteiger partial charge in [-0.1, -0.05) is 31.2 Å². The molecule has 0 amide bonds. The fourth-order valence-electron chi connectivity index (χ4n) is 4.31. The Hall–Kier alpha value is -3.08. The van der Waals surface area contributed by atoms with Crippen LogP contribution in [0.25, 0.3) is 11.5 Å². The molecule has 0 saturated carbocycles. The van der Waals surface area contributed by atoms with Crippen molar-refractivity contribution in [2.24, 2.45) is 5.92 Å². The first-order valence-corrected chi connectivity index (χ1v) is 10.5. The van der Waals surface area contributed by atoms with Crippen molar-refractivity contribution in [3.05, 3.63) is 71.6 Å². The third-order valence-electron chi connectivity index (χ3n) is 5.87. The van der Waals surface area contributed by atoms with Gasteiger partial charge in [0.25, 0.3) is 0 Å². The summed E-state index contributed by atoms with van der Waals surface area (Å²) < 4.78 is 16.6. The van der Waals surface area contributed by atoms with Crippen LogP contribution in [0.5, 0.6) is 5.75 Å². The molecule has 4 rings (SSSR count). The highest BCUT2D eigenvalue weighted by molar-refractivity contribution is 5.74. The van der Waals surface area contributed by atoms with Crippen LogP contribution in [0, 0.1) is 5.92 Å². The summed E-state index contributed by atoms with van der Waals surface area (Å²) >= 11 is 0. The molecule has 1 aliphatic carbocycles. The number of benzene rings is 2. The summed E-state index contributed by atoms with van der Waals surface area (Å²) in [5, 5.41) is 0. The second kappa shape index (κ2) is 9.16. The van der Waals surface area contributed by atoms with Crippen LogP contribution < -0.4 is 4.74 Å². The topological polar surface area (TPSA) is 61.6 Å². The summed E-state index contributed by atoms with van der Waals surface area (Å²) in [4.78, 5) is 16.7. The van der Waals surface area contributed by atoms with Gasteiger partial charge in [0.1, 0.15) is 12.0 Å². The molecule has 0 aliphatic heterocycles. The molecule has 0 bridgehead atoms. The van der Waals surface area contributed by atoms with Crippen LogP contribution in [0.4, 0.5) is 0 Å². The Morgan fingerprint density at radius 3 is 2.83 bits per heavy atom. The number of hydrogen-bond donors (Lipinski definition) is 0. The van der Waals surface area contributed by atoms with Crippen molar-refractivity contribution < 1.29 is 18.7 Å². The second-order valence-corrected chi connectivity index (χ2v) is 7.65. The maximum absolute atomic E-state index is 12.1. The van der Waals surface area contributed by atoms with Gasteiger partial charge in [0.2, 0.25) is 5.89 Å². The maximum Gasteiger partial charge on any atom is 0.309 e. The molecule has 0 saturated heterocycles. The lowest BCUT2D eigenvalue weighted by Gasteiger charge is -2.20. The number of methoxy groups -OCH3 is 1. The molecule has 0 N–H and O–H groups in total. The van der Waals surface area contributed by atoms with E-state index in [1.165, 1.54) is 18.2 Å². The van der Waals surface area contributed by atoms with E-state index in [4.69, 9.17) is 13.9 Å². The predicted octanol–water partition coefficient (Wildman–Crippen LogP) is 5.19. The van der Waals surface area contributed by atoms with E-state index in [-0.39, 0.29) is 17.8 Å². The molecule has 2 aromatic carbocycles. The van der Waals surface area contributed by atoms with Gasteiger partial charge in [0, 0.05) is 12.0 Å². The number of esters is 1. The Balaban J connectivity index is 1.36. The second-order valence-electron chi connectivity index (χ2n) is 7.65. The number of hydrogen-bond acceptors (Lipinski definition) is 5. The number of carbonyl (C=O) groups is 1. The van der Waals surface area contributed by atoms with Crippen LogP contribution in [0.1, 0.15) is 42.5 Å². The molecule has 5 nitrogen and oxygen atoms in total. The van der Waals surface area contributed by atoms with Crippen LogP contribution in [-0.4, -0.2) is 24.7 Å². The normalized spacial score (nSPS) is 16.1. The number of carbonyl (C=O) groups excluding carboxylic acids is 1. The average molecular weight is 405 g/mol. The number of nitrogens with zero attached hydrogens (tertiary/aromatic N) is 1. The summed E-state index contributed by atoms with van der Waals surface area (Å²) in [7, 11) is 1.47. The van der Waals surface area contributed by atoms with Gasteiger partial charge < -0.3 is 13.9 Å². The van der Waals surface area contributed by atoms with Gasteiger partial charge >= 0.3 is 5.97 Å². The maximum atomic E-state index is 12.1. The van der Waals surface area contributed by atoms with E-state index in [1.54, 1.807) is 6.26 Å². The summed E-state index contributed by atoms with van der Waals surface area (Å²) in [6.07, 6.45) is 5.10. The molecule has 5 heteroatoms. The van der Waals surface area contributed by atoms with Gasteiger partial charge in [0.15, 0.2) is 0 Å². The standard InChI is InChI=1S/C25H27NO4/c1-3-21(25(27)28-2)23-11-9-18-15-20(10-12-22(18)23)29-14-13-19-16-30-24(26-19)17-7-5-4-6-8-17/h4-8,10,12,15-16,21,23H,3,9,11,13-14H2,1-2H3. The molecule has 0 spiro atoms. The quantitative estimate of drug-likeness (QED) is 0.483. The van der Waals surface area contributed by atoms with Gasteiger partial charge in [-0.15, -0.1) is 0 Å². The fraction of sp³-hybridized carbons (Fsp3) is 0.360. The molecule has 1 aliphatic rings. The molecule has 1 aromatic heterocycles. The Kier molecular flexibility index (Phi) is 6.17. The van der Waals surface area contributed by atoms with Gasteiger partial charge in [-0.05, 0) is 60.6 Å². The highest BCUT2D eigenvalue weighted by atomic mass is 16.5. The lowest BCUT2D eigenvalue weighted by molar-refractivity contribution is -0.146. The van der Waals surface area contributed by atoms with Crippen molar-refractivity contribution in [3.63, 3.8) is 0 Å². The molecular formula is C25H27NO4. The minimum Gasteiger partial charge on any atom is -0.493 e. The van der Waals surface area contributed by atoms with Crippen molar-refractivity contribution >= 4 is 5.97 Å². The summed E-state index contributed by atoms with van der Waals surface area (Å²) in [5.41, 5.74) is 4.37. The van der Waals surface area contributed by atoms with E-state index < -0.39 is 0 Å². The SMILES string of the molecule is CCC(C(=O)OC)C1CCc2cc(OCCc3coc(-c4ccccc4)n3)ccc21. The molecule has 2 atom stereocenters. The number of aryl methyl sites for hydroxylation is 1. The predicted molar refractivity (Wildman–Crippen MR) is 114 cm³/mol. The number of rotatable bonds is 8. The van der Waals surface area contributed by atoms with Crippen LogP contribution in [0.2, 0.25) is 0 Å². The highest BCUT2D eigenvalue weighted by Gasteiger charge is 2.33. The van der Waals surface area contributed by atoms with Crippen molar-refractivity contribution in [3.8, 4) is 17.2 Å². The van der Waals surface area contributed by atoms with Crippen molar-refractivity contribution in [1.82, 2.24) is 4.98 Å². The number of fused-ring (bicyclic) bond motifs is 1. The van der Waals surface area contributed by atoms with E-state index >= 15 is 0 Å². The summed E-state index contributed by atoms with van der Waals surface area (Å²) in [5.74, 6) is 1.53. The van der Waals surface area contributed by atoms with Gasteiger partial charge in [-0.2, -0.15) is 0 Å². The lowest BCUT2D eigenvalue weighted by Crippen LogP contribution is -2.21. The van der Waals surface area contributed by atoms with Crippen LogP contribution in [0.15, 0.2) is 59.2 Å². The zero-order valence-electron chi connectivity index (χ0n) is 17.5. The zero-order valence-corrected chi connectivity index (χ0v) is 17.5. The monoisotopic (exact) mass is 405 g/mol. The molecule has 2 unspecified atom stereocenters. The van der Waals surface area contributed by atoms with Crippen LogP contribution >= 0.6 is 0 Å². The third-order valence-corrected chi connectivity index (χ3v) is 5.87. The van der Waals surface area contributed by atoms with Crippen molar-refractivity contribution in [2.45, 2.75) is 38.5 Å². The molecule has 156 valence electrons. The average Bonchev–Trinajstić information content (AvgIpc) is 3.42. The largest absolute Gasteiger partial charge is 0.493 e. The van der Waals surface area contributed by atoms with E-state index in [9.17, 15) is 4.79 Å². The molecule has 3 aromatic rings.